The second kappa shape index (κ2) is 12.2. The first-order valence-electron chi connectivity index (χ1n) is 10.6. The lowest BCUT2D eigenvalue weighted by Crippen LogP contribution is -2.49. The Labute approximate surface area is 185 Å². The summed E-state index contributed by atoms with van der Waals surface area (Å²) in [4.78, 5) is 24.9. The summed E-state index contributed by atoms with van der Waals surface area (Å²) in [5.74, 6) is 1.06. The molecule has 2 N–H and O–H groups in total. The highest BCUT2D eigenvalue weighted by Crippen LogP contribution is 2.16. The molecule has 0 bridgehead atoms. The Morgan fingerprint density at radius 3 is 2.19 bits per heavy atom. The Bertz CT molecular complexity index is 818. The van der Waals surface area contributed by atoms with Crippen molar-refractivity contribution in [2.75, 3.05) is 20.2 Å². The van der Waals surface area contributed by atoms with Gasteiger partial charge in [-0.1, -0.05) is 50.2 Å². The van der Waals surface area contributed by atoms with Gasteiger partial charge in [-0.25, -0.2) is 0 Å². The molecule has 0 fully saturated rings. The van der Waals surface area contributed by atoms with E-state index in [0.29, 0.717) is 31.0 Å². The van der Waals surface area contributed by atoms with Crippen LogP contribution in [-0.4, -0.2) is 54.5 Å². The summed E-state index contributed by atoms with van der Waals surface area (Å²) in [6.07, 6.45) is 0.539. The van der Waals surface area contributed by atoms with E-state index in [0.717, 1.165) is 29.7 Å². The van der Waals surface area contributed by atoms with Crippen LogP contribution in [0.3, 0.4) is 0 Å². The van der Waals surface area contributed by atoms with Crippen molar-refractivity contribution < 1.29 is 19.4 Å². The van der Waals surface area contributed by atoms with E-state index in [1.807, 2.05) is 36.4 Å². The lowest BCUT2D eigenvalue weighted by molar-refractivity contribution is -0.120. The number of carbonyl (C=O) groups is 2. The smallest absolute Gasteiger partial charge is 0.217 e. The van der Waals surface area contributed by atoms with E-state index in [-0.39, 0.29) is 5.91 Å². The van der Waals surface area contributed by atoms with Gasteiger partial charge in [-0.2, -0.15) is 0 Å². The van der Waals surface area contributed by atoms with Crippen LogP contribution in [0.1, 0.15) is 42.3 Å². The molecule has 168 valence electrons. The summed E-state index contributed by atoms with van der Waals surface area (Å²) in [5, 5.41) is 13.9. The van der Waals surface area contributed by atoms with Gasteiger partial charge in [-0.05, 0) is 35.6 Å². The molecule has 31 heavy (non-hydrogen) atoms. The van der Waals surface area contributed by atoms with E-state index in [9.17, 15) is 14.7 Å². The first-order chi connectivity index (χ1) is 14.8. The van der Waals surface area contributed by atoms with Crippen LogP contribution >= 0.6 is 0 Å². The monoisotopic (exact) mass is 426 g/mol. The Morgan fingerprint density at radius 1 is 1.06 bits per heavy atom. The summed E-state index contributed by atoms with van der Waals surface area (Å²) in [7, 11) is 1.64. The van der Waals surface area contributed by atoms with Gasteiger partial charge < -0.3 is 15.2 Å². The number of ether oxygens (including phenoxy) is 1. The van der Waals surface area contributed by atoms with Crippen molar-refractivity contribution in [1.29, 1.82) is 0 Å². The molecule has 6 nitrogen and oxygen atoms in total. The Morgan fingerprint density at radius 2 is 1.68 bits per heavy atom. The summed E-state index contributed by atoms with van der Waals surface area (Å²) < 4.78 is 5.23. The van der Waals surface area contributed by atoms with Crippen molar-refractivity contribution in [2.24, 2.45) is 5.92 Å². The first-order valence-corrected chi connectivity index (χ1v) is 10.6. The fourth-order valence-corrected chi connectivity index (χ4v) is 3.63. The van der Waals surface area contributed by atoms with Gasteiger partial charge in [-0.3, -0.25) is 14.5 Å². The van der Waals surface area contributed by atoms with E-state index in [1.165, 1.54) is 6.92 Å². The molecule has 0 heterocycles. The minimum atomic E-state index is -0.744. The number of benzene rings is 2. The zero-order chi connectivity index (χ0) is 22.8. The third-order valence-electron chi connectivity index (χ3n) is 5.06. The molecule has 0 spiro atoms. The van der Waals surface area contributed by atoms with Crippen LogP contribution in [0, 0.1) is 5.92 Å². The van der Waals surface area contributed by atoms with Gasteiger partial charge in [0.15, 0.2) is 0 Å². The van der Waals surface area contributed by atoms with E-state index in [4.69, 9.17) is 4.74 Å². The number of hydrogen-bond donors (Lipinski definition) is 2. The molecule has 0 aliphatic carbocycles. The SMILES string of the molecule is COc1ccc(CN(CC(C)C)C[C@@H](O)[C@H](Cc2ccc(C=O)cc2)NC(C)=O)cc1. The average molecular weight is 427 g/mol. The van der Waals surface area contributed by atoms with Crippen LogP contribution < -0.4 is 10.1 Å². The Hall–Kier alpha value is -2.70. The molecule has 0 unspecified atom stereocenters. The lowest BCUT2D eigenvalue weighted by Gasteiger charge is -2.31. The number of hydrogen-bond acceptors (Lipinski definition) is 5. The highest BCUT2D eigenvalue weighted by Gasteiger charge is 2.24. The van der Waals surface area contributed by atoms with Crippen LogP contribution in [0.4, 0.5) is 0 Å². The molecule has 0 saturated heterocycles. The molecule has 0 aromatic heterocycles. The van der Waals surface area contributed by atoms with Crippen molar-refractivity contribution in [3.8, 4) is 5.75 Å². The molecular formula is C25H34N2O4. The second-order valence-corrected chi connectivity index (χ2v) is 8.37. The van der Waals surface area contributed by atoms with Crippen molar-refractivity contribution in [1.82, 2.24) is 10.2 Å². The molecule has 0 radical (unpaired) electrons. The van der Waals surface area contributed by atoms with Crippen LogP contribution in [0.5, 0.6) is 5.75 Å². The summed E-state index contributed by atoms with van der Waals surface area (Å²) >= 11 is 0. The predicted molar refractivity (Wildman–Crippen MR) is 122 cm³/mol. The molecule has 6 heteroatoms. The molecule has 0 aliphatic rings. The number of aliphatic hydroxyl groups excluding tert-OH is 1. The highest BCUT2D eigenvalue weighted by molar-refractivity contribution is 5.74. The molecule has 2 rings (SSSR count). The van der Waals surface area contributed by atoms with Crippen molar-refractivity contribution >= 4 is 12.2 Å². The number of rotatable bonds is 12. The van der Waals surface area contributed by atoms with Gasteiger partial charge >= 0.3 is 0 Å². The molecule has 1 amide bonds. The van der Waals surface area contributed by atoms with Gasteiger partial charge in [0.05, 0.1) is 19.3 Å². The zero-order valence-corrected chi connectivity index (χ0v) is 18.9. The molecule has 2 aromatic carbocycles. The number of amides is 1. The fourth-order valence-electron chi connectivity index (χ4n) is 3.63. The number of nitrogens with zero attached hydrogens (tertiary/aromatic N) is 1. The molecule has 2 aromatic rings. The van der Waals surface area contributed by atoms with E-state index < -0.39 is 12.1 Å². The van der Waals surface area contributed by atoms with E-state index in [1.54, 1.807) is 19.2 Å². The maximum Gasteiger partial charge on any atom is 0.217 e. The number of methoxy groups -OCH3 is 1. The van der Waals surface area contributed by atoms with Gasteiger partial charge in [-0.15, -0.1) is 0 Å². The topological polar surface area (TPSA) is 78.9 Å². The summed E-state index contributed by atoms with van der Waals surface area (Å²) in [5.41, 5.74) is 2.69. The van der Waals surface area contributed by atoms with Crippen molar-refractivity contribution in [2.45, 2.75) is 45.9 Å². The largest absolute Gasteiger partial charge is 0.497 e. The van der Waals surface area contributed by atoms with Crippen LogP contribution in [0.25, 0.3) is 0 Å². The molecular weight excluding hydrogens is 392 g/mol. The van der Waals surface area contributed by atoms with E-state index >= 15 is 0 Å². The number of carbonyl (C=O) groups excluding carboxylic acids is 2. The average Bonchev–Trinajstić information content (AvgIpc) is 2.73. The standard InChI is InChI=1S/C25H34N2O4/c1-18(2)14-27(15-21-9-11-23(31-4)12-10-21)16-25(30)24(26-19(3)29)13-20-5-7-22(17-28)8-6-20/h5-12,17-18,24-25,30H,13-16H2,1-4H3,(H,26,29)/t24-,25+/m0/s1. The third kappa shape index (κ3) is 8.52. The molecule has 2 atom stereocenters. The Balaban J connectivity index is 2.11. The molecule has 0 saturated carbocycles. The number of aliphatic hydroxyl groups is 1. The minimum Gasteiger partial charge on any atom is -0.497 e. The maximum atomic E-state index is 11.8. The van der Waals surface area contributed by atoms with Gasteiger partial charge in [0.2, 0.25) is 5.91 Å². The quantitative estimate of drug-likeness (QED) is 0.510. The summed E-state index contributed by atoms with van der Waals surface area (Å²) in [6.45, 7) is 7.70. The first kappa shape index (κ1) is 24.6. The zero-order valence-electron chi connectivity index (χ0n) is 18.9. The van der Waals surface area contributed by atoms with Crippen LogP contribution in [-0.2, 0) is 17.8 Å². The van der Waals surface area contributed by atoms with Gasteiger partial charge in [0.1, 0.15) is 12.0 Å². The lowest BCUT2D eigenvalue weighted by atomic mass is 9.99. The second-order valence-electron chi connectivity index (χ2n) is 8.37. The number of aldehydes is 1. The maximum absolute atomic E-state index is 11.8. The highest BCUT2D eigenvalue weighted by atomic mass is 16.5. The summed E-state index contributed by atoms with van der Waals surface area (Å²) in [6, 6.07) is 14.7. The van der Waals surface area contributed by atoms with E-state index in [2.05, 4.69) is 24.1 Å². The fraction of sp³-hybridized carbons (Fsp3) is 0.440. The van der Waals surface area contributed by atoms with Crippen LogP contribution in [0.2, 0.25) is 0 Å². The number of nitrogens with one attached hydrogen (secondary N) is 1. The van der Waals surface area contributed by atoms with Crippen molar-refractivity contribution in [3.05, 3.63) is 65.2 Å². The predicted octanol–water partition coefficient (Wildman–Crippen LogP) is 3.07. The van der Waals surface area contributed by atoms with Crippen LogP contribution in [0.15, 0.2) is 48.5 Å². The van der Waals surface area contributed by atoms with Crippen molar-refractivity contribution in [3.63, 3.8) is 0 Å². The minimum absolute atomic E-state index is 0.181. The van der Waals surface area contributed by atoms with Gasteiger partial charge in [0, 0.05) is 32.1 Å². The Kier molecular flexibility index (Phi) is 9.69. The normalized spacial score (nSPS) is 13.1. The van der Waals surface area contributed by atoms with Gasteiger partial charge in [0.25, 0.3) is 0 Å². The molecule has 0 aliphatic heterocycles. The third-order valence-corrected chi connectivity index (χ3v) is 5.06.